The standard InChI is InChI=1S/C11H19N3/c1-3-8-14(4-2)11-10(9-12)6-5-7-13-11/h5-7H,3-4,8-9,12H2,1-2H3. The number of hydrogen-bond acceptors (Lipinski definition) is 3. The van der Waals surface area contributed by atoms with E-state index in [-0.39, 0.29) is 0 Å². The largest absolute Gasteiger partial charge is 0.357 e. The third-order valence-electron chi connectivity index (χ3n) is 2.26. The lowest BCUT2D eigenvalue weighted by Crippen LogP contribution is -2.26. The van der Waals surface area contributed by atoms with Crippen molar-refractivity contribution in [1.82, 2.24) is 4.98 Å². The van der Waals surface area contributed by atoms with Gasteiger partial charge in [0.15, 0.2) is 0 Å². The first-order valence-corrected chi connectivity index (χ1v) is 5.22. The van der Waals surface area contributed by atoms with Crippen LogP contribution in [-0.4, -0.2) is 18.1 Å². The number of pyridine rings is 1. The second-order valence-corrected chi connectivity index (χ2v) is 3.27. The summed E-state index contributed by atoms with van der Waals surface area (Å²) in [5, 5.41) is 0. The van der Waals surface area contributed by atoms with Crippen molar-refractivity contribution >= 4 is 5.82 Å². The first-order valence-electron chi connectivity index (χ1n) is 5.22. The maximum absolute atomic E-state index is 5.67. The average Bonchev–Trinajstić information content (AvgIpc) is 2.26. The van der Waals surface area contributed by atoms with Crippen molar-refractivity contribution in [2.45, 2.75) is 26.8 Å². The molecule has 3 heteroatoms. The molecule has 0 aromatic carbocycles. The fourth-order valence-corrected chi connectivity index (χ4v) is 1.56. The molecule has 0 saturated carbocycles. The summed E-state index contributed by atoms with van der Waals surface area (Å²) in [6.07, 6.45) is 2.96. The van der Waals surface area contributed by atoms with E-state index in [1.165, 1.54) is 0 Å². The number of hydrogen-bond donors (Lipinski definition) is 1. The number of nitrogens with zero attached hydrogens (tertiary/aromatic N) is 2. The maximum Gasteiger partial charge on any atom is 0.132 e. The Hall–Kier alpha value is -1.09. The Morgan fingerprint density at radius 1 is 1.43 bits per heavy atom. The van der Waals surface area contributed by atoms with Gasteiger partial charge in [-0.3, -0.25) is 0 Å². The van der Waals surface area contributed by atoms with Crippen LogP contribution in [0.1, 0.15) is 25.8 Å². The summed E-state index contributed by atoms with van der Waals surface area (Å²) in [5.41, 5.74) is 6.80. The topological polar surface area (TPSA) is 42.2 Å². The molecule has 78 valence electrons. The molecule has 0 amide bonds. The third-order valence-corrected chi connectivity index (χ3v) is 2.26. The van der Waals surface area contributed by atoms with Crippen molar-refractivity contribution in [2.75, 3.05) is 18.0 Å². The second-order valence-electron chi connectivity index (χ2n) is 3.27. The van der Waals surface area contributed by atoms with Gasteiger partial charge in [-0.2, -0.15) is 0 Å². The summed E-state index contributed by atoms with van der Waals surface area (Å²) in [7, 11) is 0. The van der Waals surface area contributed by atoms with Crippen LogP contribution in [0.15, 0.2) is 18.3 Å². The van der Waals surface area contributed by atoms with Gasteiger partial charge < -0.3 is 10.6 Å². The van der Waals surface area contributed by atoms with Gasteiger partial charge in [-0.05, 0) is 19.4 Å². The molecular formula is C11H19N3. The molecular weight excluding hydrogens is 174 g/mol. The zero-order valence-corrected chi connectivity index (χ0v) is 9.03. The van der Waals surface area contributed by atoms with Crippen LogP contribution < -0.4 is 10.6 Å². The normalized spacial score (nSPS) is 10.2. The van der Waals surface area contributed by atoms with Gasteiger partial charge in [0.1, 0.15) is 5.82 Å². The maximum atomic E-state index is 5.67. The van der Waals surface area contributed by atoms with E-state index in [0.717, 1.165) is 30.9 Å². The molecule has 1 heterocycles. The number of rotatable bonds is 5. The fraction of sp³-hybridized carbons (Fsp3) is 0.545. The second kappa shape index (κ2) is 5.60. The van der Waals surface area contributed by atoms with E-state index in [1.54, 1.807) is 0 Å². The summed E-state index contributed by atoms with van der Waals surface area (Å²) < 4.78 is 0. The van der Waals surface area contributed by atoms with Crippen LogP contribution in [0, 0.1) is 0 Å². The van der Waals surface area contributed by atoms with Gasteiger partial charge in [0.05, 0.1) is 0 Å². The Labute approximate surface area is 85.9 Å². The minimum atomic E-state index is 0.559. The van der Waals surface area contributed by atoms with Crippen LogP contribution in [0.3, 0.4) is 0 Å². The molecule has 0 aliphatic rings. The molecule has 1 rings (SSSR count). The lowest BCUT2D eigenvalue weighted by atomic mass is 10.2. The Morgan fingerprint density at radius 3 is 2.79 bits per heavy atom. The molecule has 1 aromatic rings. The van der Waals surface area contributed by atoms with Crippen LogP contribution >= 0.6 is 0 Å². The number of aromatic nitrogens is 1. The molecule has 14 heavy (non-hydrogen) atoms. The fourth-order valence-electron chi connectivity index (χ4n) is 1.56. The van der Waals surface area contributed by atoms with Crippen LogP contribution in [0.5, 0.6) is 0 Å². The Bertz CT molecular complexity index is 273. The van der Waals surface area contributed by atoms with Crippen molar-refractivity contribution in [3.05, 3.63) is 23.9 Å². The highest BCUT2D eigenvalue weighted by Gasteiger charge is 2.08. The summed E-state index contributed by atoms with van der Waals surface area (Å²) in [6, 6.07) is 3.98. The average molecular weight is 193 g/mol. The van der Waals surface area contributed by atoms with E-state index in [1.807, 2.05) is 18.3 Å². The molecule has 0 radical (unpaired) electrons. The smallest absolute Gasteiger partial charge is 0.132 e. The van der Waals surface area contributed by atoms with Crippen molar-refractivity contribution in [2.24, 2.45) is 5.73 Å². The Morgan fingerprint density at radius 2 is 2.21 bits per heavy atom. The van der Waals surface area contributed by atoms with Crippen molar-refractivity contribution in [1.29, 1.82) is 0 Å². The van der Waals surface area contributed by atoms with E-state index in [9.17, 15) is 0 Å². The lowest BCUT2D eigenvalue weighted by molar-refractivity contribution is 0.770. The molecule has 0 atom stereocenters. The molecule has 0 unspecified atom stereocenters. The molecule has 0 aliphatic heterocycles. The lowest BCUT2D eigenvalue weighted by Gasteiger charge is -2.23. The molecule has 3 nitrogen and oxygen atoms in total. The van der Waals surface area contributed by atoms with Crippen molar-refractivity contribution in [3.8, 4) is 0 Å². The van der Waals surface area contributed by atoms with Crippen LogP contribution in [0.2, 0.25) is 0 Å². The highest BCUT2D eigenvalue weighted by Crippen LogP contribution is 2.16. The van der Waals surface area contributed by atoms with E-state index in [0.29, 0.717) is 6.54 Å². The monoisotopic (exact) mass is 193 g/mol. The highest BCUT2D eigenvalue weighted by atomic mass is 15.2. The Balaban J connectivity index is 2.90. The molecule has 0 bridgehead atoms. The van der Waals surface area contributed by atoms with Gasteiger partial charge in [0.25, 0.3) is 0 Å². The van der Waals surface area contributed by atoms with Gasteiger partial charge in [-0.25, -0.2) is 4.98 Å². The van der Waals surface area contributed by atoms with Crippen LogP contribution in [0.25, 0.3) is 0 Å². The van der Waals surface area contributed by atoms with E-state index >= 15 is 0 Å². The van der Waals surface area contributed by atoms with E-state index in [2.05, 4.69) is 23.7 Å². The summed E-state index contributed by atoms with van der Waals surface area (Å²) in [4.78, 5) is 6.65. The molecule has 0 fully saturated rings. The third kappa shape index (κ3) is 2.45. The van der Waals surface area contributed by atoms with Gasteiger partial charge in [-0.1, -0.05) is 13.0 Å². The van der Waals surface area contributed by atoms with E-state index < -0.39 is 0 Å². The molecule has 0 spiro atoms. The first-order chi connectivity index (χ1) is 6.83. The summed E-state index contributed by atoms with van der Waals surface area (Å²) >= 11 is 0. The van der Waals surface area contributed by atoms with Gasteiger partial charge in [0, 0.05) is 31.4 Å². The first kappa shape index (κ1) is 11.0. The predicted octanol–water partition coefficient (Wildman–Crippen LogP) is 1.78. The number of nitrogens with two attached hydrogens (primary N) is 1. The Kier molecular flexibility index (Phi) is 4.40. The zero-order chi connectivity index (χ0) is 10.4. The quantitative estimate of drug-likeness (QED) is 0.775. The predicted molar refractivity (Wildman–Crippen MR) is 60.3 cm³/mol. The zero-order valence-electron chi connectivity index (χ0n) is 9.03. The molecule has 0 saturated heterocycles. The highest BCUT2D eigenvalue weighted by molar-refractivity contribution is 5.46. The summed E-state index contributed by atoms with van der Waals surface area (Å²) in [5.74, 6) is 1.04. The van der Waals surface area contributed by atoms with Crippen molar-refractivity contribution < 1.29 is 0 Å². The van der Waals surface area contributed by atoms with Gasteiger partial charge in [-0.15, -0.1) is 0 Å². The minimum absolute atomic E-state index is 0.559. The van der Waals surface area contributed by atoms with Gasteiger partial charge in [0.2, 0.25) is 0 Å². The van der Waals surface area contributed by atoms with Crippen molar-refractivity contribution in [3.63, 3.8) is 0 Å². The molecule has 0 aliphatic carbocycles. The van der Waals surface area contributed by atoms with Crippen LogP contribution in [0.4, 0.5) is 5.82 Å². The number of anilines is 1. The SMILES string of the molecule is CCCN(CC)c1ncccc1CN. The minimum Gasteiger partial charge on any atom is -0.357 e. The summed E-state index contributed by atoms with van der Waals surface area (Å²) in [6.45, 7) is 6.90. The molecule has 1 aromatic heterocycles. The van der Waals surface area contributed by atoms with E-state index in [4.69, 9.17) is 5.73 Å². The van der Waals surface area contributed by atoms with Crippen LogP contribution in [-0.2, 0) is 6.54 Å². The van der Waals surface area contributed by atoms with Gasteiger partial charge >= 0.3 is 0 Å². The molecule has 2 N–H and O–H groups in total.